The van der Waals surface area contributed by atoms with Gasteiger partial charge in [-0.05, 0) is 43.6 Å². The number of hydrogen-bond acceptors (Lipinski definition) is 4. The quantitative estimate of drug-likeness (QED) is 0.920. The van der Waals surface area contributed by atoms with Gasteiger partial charge in [0.25, 0.3) is 0 Å². The van der Waals surface area contributed by atoms with Crippen molar-refractivity contribution >= 4 is 11.8 Å². The molecule has 0 saturated carbocycles. The molecule has 1 aromatic rings. The maximum atomic E-state index is 12.0. The summed E-state index contributed by atoms with van der Waals surface area (Å²) in [4.78, 5) is 16.2. The summed E-state index contributed by atoms with van der Waals surface area (Å²) in [6.45, 7) is 4.25. The van der Waals surface area contributed by atoms with E-state index in [4.69, 9.17) is 10.5 Å². The fraction of sp³-hybridized carbons (Fsp3) is 0.562. The Morgan fingerprint density at radius 1 is 1.14 bits per heavy atom. The average Bonchev–Trinajstić information content (AvgIpc) is 2.89. The number of hydrogen-bond donors (Lipinski definition) is 1. The lowest BCUT2D eigenvalue weighted by atomic mass is 10.1. The second kappa shape index (κ2) is 6.45. The SMILES string of the molecule is NCc1ccc(N2C[C@H](CN3CCCCC3)OC2=O)cc1. The van der Waals surface area contributed by atoms with E-state index in [1.165, 1.54) is 19.3 Å². The van der Waals surface area contributed by atoms with Gasteiger partial charge in [-0.2, -0.15) is 0 Å². The summed E-state index contributed by atoms with van der Waals surface area (Å²) < 4.78 is 5.51. The zero-order valence-corrected chi connectivity index (χ0v) is 12.3. The van der Waals surface area contributed by atoms with Gasteiger partial charge in [-0.25, -0.2) is 4.79 Å². The van der Waals surface area contributed by atoms with Crippen molar-refractivity contribution in [2.75, 3.05) is 31.1 Å². The molecule has 5 nitrogen and oxygen atoms in total. The highest BCUT2D eigenvalue weighted by atomic mass is 16.6. The number of ether oxygens (including phenoxy) is 1. The highest BCUT2D eigenvalue weighted by Gasteiger charge is 2.33. The van der Waals surface area contributed by atoms with Crippen LogP contribution in [0.4, 0.5) is 10.5 Å². The van der Waals surface area contributed by atoms with Gasteiger partial charge in [-0.15, -0.1) is 0 Å². The van der Waals surface area contributed by atoms with Crippen LogP contribution in [-0.4, -0.2) is 43.3 Å². The third kappa shape index (κ3) is 3.36. The number of anilines is 1. The third-order valence-corrected chi connectivity index (χ3v) is 4.27. The van der Waals surface area contributed by atoms with Gasteiger partial charge < -0.3 is 10.5 Å². The molecule has 0 aromatic heterocycles. The van der Waals surface area contributed by atoms with E-state index in [9.17, 15) is 4.79 Å². The number of nitrogens with zero attached hydrogens (tertiary/aromatic N) is 2. The molecule has 0 unspecified atom stereocenters. The Labute approximate surface area is 125 Å². The largest absolute Gasteiger partial charge is 0.443 e. The van der Waals surface area contributed by atoms with Crippen LogP contribution in [0.1, 0.15) is 24.8 Å². The first-order chi connectivity index (χ1) is 10.3. The number of piperidine rings is 1. The zero-order chi connectivity index (χ0) is 14.7. The van der Waals surface area contributed by atoms with E-state index in [0.717, 1.165) is 30.9 Å². The predicted molar refractivity (Wildman–Crippen MR) is 82.2 cm³/mol. The van der Waals surface area contributed by atoms with Crippen molar-refractivity contribution < 1.29 is 9.53 Å². The van der Waals surface area contributed by atoms with Crippen molar-refractivity contribution in [3.8, 4) is 0 Å². The van der Waals surface area contributed by atoms with E-state index >= 15 is 0 Å². The maximum Gasteiger partial charge on any atom is 0.414 e. The van der Waals surface area contributed by atoms with Crippen LogP contribution in [-0.2, 0) is 11.3 Å². The maximum absolute atomic E-state index is 12.0. The van der Waals surface area contributed by atoms with Gasteiger partial charge in [0.1, 0.15) is 6.10 Å². The van der Waals surface area contributed by atoms with Gasteiger partial charge in [0.2, 0.25) is 0 Å². The van der Waals surface area contributed by atoms with Gasteiger partial charge in [0.05, 0.1) is 6.54 Å². The van der Waals surface area contributed by atoms with Gasteiger partial charge in [0.15, 0.2) is 0 Å². The van der Waals surface area contributed by atoms with E-state index in [1.807, 2.05) is 24.3 Å². The molecule has 0 spiro atoms. The highest BCUT2D eigenvalue weighted by molar-refractivity contribution is 5.89. The number of nitrogens with two attached hydrogens (primary N) is 1. The first-order valence-electron chi connectivity index (χ1n) is 7.76. The Hall–Kier alpha value is -1.59. The standard InChI is InChI=1S/C16H23N3O2/c17-10-13-4-6-14(7-5-13)19-12-15(21-16(19)20)11-18-8-2-1-3-9-18/h4-7,15H,1-3,8-12,17H2/t15-/m0/s1. The van der Waals surface area contributed by atoms with E-state index in [2.05, 4.69) is 4.90 Å². The van der Waals surface area contributed by atoms with Crippen LogP contribution in [0.5, 0.6) is 0 Å². The van der Waals surface area contributed by atoms with Gasteiger partial charge in [-0.3, -0.25) is 9.80 Å². The molecule has 2 fully saturated rings. The summed E-state index contributed by atoms with van der Waals surface area (Å²) in [6.07, 6.45) is 3.57. The molecule has 1 aromatic carbocycles. The van der Waals surface area contributed by atoms with Crippen LogP contribution in [0.3, 0.4) is 0 Å². The number of cyclic esters (lactones) is 1. The summed E-state index contributed by atoms with van der Waals surface area (Å²) in [7, 11) is 0. The monoisotopic (exact) mass is 289 g/mol. The first-order valence-corrected chi connectivity index (χ1v) is 7.76. The zero-order valence-electron chi connectivity index (χ0n) is 12.3. The smallest absolute Gasteiger partial charge is 0.414 e. The molecule has 5 heteroatoms. The summed E-state index contributed by atoms with van der Waals surface area (Å²) in [5, 5.41) is 0. The average molecular weight is 289 g/mol. The lowest BCUT2D eigenvalue weighted by Gasteiger charge is -2.27. The molecule has 0 radical (unpaired) electrons. The van der Waals surface area contributed by atoms with Gasteiger partial charge >= 0.3 is 6.09 Å². The van der Waals surface area contributed by atoms with Gasteiger partial charge in [0, 0.05) is 18.8 Å². The number of carbonyl (C=O) groups excluding carboxylic acids is 1. The molecular weight excluding hydrogens is 266 g/mol. The van der Waals surface area contributed by atoms with Crippen molar-refractivity contribution in [3.05, 3.63) is 29.8 Å². The fourth-order valence-electron chi connectivity index (χ4n) is 3.07. The number of rotatable bonds is 4. The second-order valence-corrected chi connectivity index (χ2v) is 5.85. The van der Waals surface area contributed by atoms with Crippen LogP contribution < -0.4 is 10.6 Å². The highest BCUT2D eigenvalue weighted by Crippen LogP contribution is 2.23. The van der Waals surface area contributed by atoms with E-state index in [0.29, 0.717) is 13.1 Å². The minimum atomic E-state index is -0.238. The van der Waals surface area contributed by atoms with Crippen molar-refractivity contribution in [3.63, 3.8) is 0 Å². The first kappa shape index (κ1) is 14.4. The van der Waals surface area contributed by atoms with Crippen molar-refractivity contribution in [1.29, 1.82) is 0 Å². The molecule has 3 rings (SSSR count). The molecule has 2 saturated heterocycles. The Morgan fingerprint density at radius 2 is 1.86 bits per heavy atom. The topological polar surface area (TPSA) is 58.8 Å². The lowest BCUT2D eigenvalue weighted by molar-refractivity contribution is 0.101. The Morgan fingerprint density at radius 3 is 2.52 bits per heavy atom. The Balaban J connectivity index is 1.60. The van der Waals surface area contributed by atoms with Crippen LogP contribution >= 0.6 is 0 Å². The van der Waals surface area contributed by atoms with Gasteiger partial charge in [-0.1, -0.05) is 18.6 Å². The molecule has 0 aliphatic carbocycles. The van der Waals surface area contributed by atoms with E-state index in [1.54, 1.807) is 4.90 Å². The second-order valence-electron chi connectivity index (χ2n) is 5.85. The van der Waals surface area contributed by atoms with Crippen molar-refractivity contribution in [1.82, 2.24) is 4.90 Å². The van der Waals surface area contributed by atoms with Crippen molar-refractivity contribution in [2.24, 2.45) is 5.73 Å². The molecule has 2 aliphatic rings. The molecule has 2 aliphatic heterocycles. The van der Waals surface area contributed by atoms with Crippen LogP contribution in [0.15, 0.2) is 24.3 Å². The van der Waals surface area contributed by atoms with Crippen LogP contribution in [0, 0.1) is 0 Å². The van der Waals surface area contributed by atoms with E-state index < -0.39 is 0 Å². The number of carbonyl (C=O) groups is 1. The van der Waals surface area contributed by atoms with E-state index in [-0.39, 0.29) is 12.2 Å². The minimum absolute atomic E-state index is 0.0233. The lowest BCUT2D eigenvalue weighted by Crippen LogP contribution is -2.38. The molecular formula is C16H23N3O2. The minimum Gasteiger partial charge on any atom is -0.443 e. The molecule has 1 atom stereocenters. The summed E-state index contributed by atoms with van der Waals surface area (Å²) in [5.74, 6) is 0. The molecule has 2 heterocycles. The molecule has 0 bridgehead atoms. The third-order valence-electron chi connectivity index (χ3n) is 4.27. The number of benzene rings is 1. The molecule has 1 amide bonds. The summed E-state index contributed by atoms with van der Waals surface area (Å²) in [6, 6.07) is 7.79. The van der Waals surface area contributed by atoms with Crippen LogP contribution in [0.2, 0.25) is 0 Å². The Bertz CT molecular complexity index is 483. The molecule has 114 valence electrons. The Kier molecular flexibility index (Phi) is 4.41. The number of amides is 1. The van der Waals surface area contributed by atoms with Crippen molar-refractivity contribution in [2.45, 2.75) is 31.9 Å². The predicted octanol–water partition coefficient (Wildman–Crippen LogP) is 1.96. The van der Waals surface area contributed by atoms with Crippen LogP contribution in [0.25, 0.3) is 0 Å². The normalized spacial score (nSPS) is 23.4. The summed E-state index contributed by atoms with van der Waals surface area (Å²) >= 11 is 0. The molecule has 21 heavy (non-hydrogen) atoms. The fourth-order valence-corrected chi connectivity index (χ4v) is 3.07. The molecule has 2 N–H and O–H groups in total. The summed E-state index contributed by atoms with van der Waals surface area (Å²) in [5.41, 5.74) is 7.55. The number of likely N-dealkylation sites (tertiary alicyclic amines) is 1.